The van der Waals surface area contributed by atoms with Gasteiger partial charge in [0.05, 0.1) is 6.54 Å². The predicted octanol–water partition coefficient (Wildman–Crippen LogP) is 1.29. The van der Waals surface area contributed by atoms with Crippen molar-refractivity contribution in [3.63, 3.8) is 0 Å². The van der Waals surface area contributed by atoms with Crippen molar-refractivity contribution < 1.29 is 0 Å². The minimum atomic E-state index is 0.252. The number of hydrogen-bond acceptors (Lipinski definition) is 4. The molecular weight excluding hydrogens is 238 g/mol. The topological polar surface area (TPSA) is 46.0 Å². The van der Waals surface area contributed by atoms with Crippen LogP contribution in [0.4, 0.5) is 0 Å². The maximum atomic E-state index is 4.45. The fourth-order valence-corrected chi connectivity index (χ4v) is 3.76. The van der Waals surface area contributed by atoms with E-state index in [0.29, 0.717) is 6.04 Å². The third kappa shape index (κ3) is 2.09. The van der Waals surface area contributed by atoms with Crippen molar-refractivity contribution in [2.45, 2.75) is 45.8 Å². The number of hydrogen-bond donors (Lipinski definition) is 1. The molecule has 0 aliphatic carbocycles. The molecule has 2 unspecified atom stereocenters. The highest BCUT2D eigenvalue weighted by Gasteiger charge is 2.49. The molecule has 3 rings (SSSR count). The standard InChI is InChI=1S/C14H25N5/c1-10(2)19-13(16-9-17-19)8-18-7-11-5-15-6-12(11)14(18,3)4/h9-12,15H,5-8H2,1-4H3. The highest BCUT2D eigenvalue weighted by atomic mass is 15.4. The van der Waals surface area contributed by atoms with E-state index in [1.165, 1.54) is 13.1 Å². The maximum Gasteiger partial charge on any atom is 0.141 e. The van der Waals surface area contributed by atoms with Crippen molar-refractivity contribution in [3.8, 4) is 0 Å². The van der Waals surface area contributed by atoms with Crippen LogP contribution in [0, 0.1) is 11.8 Å². The molecule has 2 aliphatic rings. The highest BCUT2D eigenvalue weighted by Crippen LogP contribution is 2.41. The van der Waals surface area contributed by atoms with Crippen LogP contribution in [0.3, 0.4) is 0 Å². The van der Waals surface area contributed by atoms with Crippen LogP contribution in [0.15, 0.2) is 6.33 Å². The van der Waals surface area contributed by atoms with E-state index in [4.69, 9.17) is 0 Å². The quantitative estimate of drug-likeness (QED) is 0.892. The summed E-state index contributed by atoms with van der Waals surface area (Å²) in [6, 6.07) is 0.379. The lowest BCUT2D eigenvalue weighted by Crippen LogP contribution is -2.44. The molecular formula is C14H25N5. The van der Waals surface area contributed by atoms with Crippen molar-refractivity contribution in [2.75, 3.05) is 19.6 Å². The summed E-state index contributed by atoms with van der Waals surface area (Å²) in [5.41, 5.74) is 0.252. The minimum Gasteiger partial charge on any atom is -0.316 e. The number of aromatic nitrogens is 3. The van der Waals surface area contributed by atoms with Crippen molar-refractivity contribution in [2.24, 2.45) is 11.8 Å². The molecule has 2 atom stereocenters. The first-order valence-corrected chi connectivity index (χ1v) is 7.34. The molecule has 0 amide bonds. The lowest BCUT2D eigenvalue weighted by Gasteiger charge is -2.35. The first kappa shape index (κ1) is 13.1. The number of rotatable bonds is 3. The van der Waals surface area contributed by atoms with Gasteiger partial charge in [-0.2, -0.15) is 5.10 Å². The Hall–Kier alpha value is -0.940. The van der Waals surface area contributed by atoms with Crippen molar-refractivity contribution in [1.82, 2.24) is 25.0 Å². The molecule has 1 aromatic rings. The third-order valence-electron chi connectivity index (χ3n) is 4.99. The van der Waals surface area contributed by atoms with Gasteiger partial charge in [-0.25, -0.2) is 9.67 Å². The average molecular weight is 263 g/mol. The zero-order chi connectivity index (χ0) is 13.6. The van der Waals surface area contributed by atoms with Crippen LogP contribution >= 0.6 is 0 Å². The van der Waals surface area contributed by atoms with E-state index in [-0.39, 0.29) is 5.54 Å². The monoisotopic (exact) mass is 263 g/mol. The van der Waals surface area contributed by atoms with Gasteiger partial charge in [0.15, 0.2) is 0 Å². The van der Waals surface area contributed by atoms with Crippen LogP contribution in [-0.2, 0) is 6.54 Å². The maximum absolute atomic E-state index is 4.45. The molecule has 5 heteroatoms. The van der Waals surface area contributed by atoms with E-state index in [2.05, 4.69) is 48.0 Å². The molecule has 0 bridgehead atoms. The Balaban J connectivity index is 1.78. The molecule has 106 valence electrons. The Morgan fingerprint density at radius 2 is 2.21 bits per heavy atom. The van der Waals surface area contributed by atoms with Crippen molar-refractivity contribution >= 4 is 0 Å². The van der Waals surface area contributed by atoms with Gasteiger partial charge >= 0.3 is 0 Å². The summed E-state index contributed by atoms with van der Waals surface area (Å²) >= 11 is 0. The Bertz CT molecular complexity index is 450. The van der Waals surface area contributed by atoms with E-state index in [1.54, 1.807) is 6.33 Å². The molecule has 0 radical (unpaired) electrons. The summed E-state index contributed by atoms with van der Waals surface area (Å²) in [5.74, 6) is 2.66. The zero-order valence-corrected chi connectivity index (χ0v) is 12.4. The molecule has 0 aromatic carbocycles. The molecule has 1 N–H and O–H groups in total. The molecule has 5 nitrogen and oxygen atoms in total. The van der Waals surface area contributed by atoms with Crippen LogP contribution in [0.1, 0.15) is 39.6 Å². The van der Waals surface area contributed by atoms with E-state index < -0.39 is 0 Å². The van der Waals surface area contributed by atoms with Gasteiger partial charge in [0.2, 0.25) is 0 Å². The summed E-state index contributed by atoms with van der Waals surface area (Å²) in [6.45, 7) is 13.5. The van der Waals surface area contributed by atoms with Crippen molar-refractivity contribution in [3.05, 3.63) is 12.2 Å². The zero-order valence-electron chi connectivity index (χ0n) is 12.4. The fourth-order valence-electron chi connectivity index (χ4n) is 3.76. The predicted molar refractivity (Wildman–Crippen MR) is 74.7 cm³/mol. The van der Waals surface area contributed by atoms with Gasteiger partial charge in [-0.1, -0.05) is 0 Å². The van der Waals surface area contributed by atoms with Gasteiger partial charge in [0.1, 0.15) is 12.2 Å². The van der Waals surface area contributed by atoms with E-state index >= 15 is 0 Å². The van der Waals surface area contributed by atoms with Crippen LogP contribution < -0.4 is 5.32 Å². The Labute approximate surface area is 115 Å². The first-order valence-electron chi connectivity index (χ1n) is 7.34. The second-order valence-electron chi connectivity index (χ2n) is 6.77. The Morgan fingerprint density at radius 1 is 1.42 bits per heavy atom. The van der Waals surface area contributed by atoms with Crippen LogP contribution in [0.25, 0.3) is 0 Å². The molecule has 2 aliphatic heterocycles. The van der Waals surface area contributed by atoms with Gasteiger partial charge in [-0.15, -0.1) is 0 Å². The number of likely N-dealkylation sites (tertiary alicyclic amines) is 1. The van der Waals surface area contributed by atoms with Crippen molar-refractivity contribution in [1.29, 1.82) is 0 Å². The second kappa shape index (κ2) is 4.56. The Kier molecular flexibility index (Phi) is 3.14. The molecule has 19 heavy (non-hydrogen) atoms. The lowest BCUT2D eigenvalue weighted by atomic mass is 9.85. The summed E-state index contributed by atoms with van der Waals surface area (Å²) in [7, 11) is 0. The molecule has 1 aromatic heterocycles. The summed E-state index contributed by atoms with van der Waals surface area (Å²) < 4.78 is 2.04. The van der Waals surface area contributed by atoms with Gasteiger partial charge in [-0.05, 0) is 46.1 Å². The fraction of sp³-hybridized carbons (Fsp3) is 0.857. The molecule has 2 fully saturated rings. The minimum absolute atomic E-state index is 0.252. The van der Waals surface area contributed by atoms with E-state index in [9.17, 15) is 0 Å². The number of nitrogens with one attached hydrogen (secondary N) is 1. The average Bonchev–Trinajstić information content (AvgIpc) is 2.99. The number of nitrogens with zero attached hydrogens (tertiary/aromatic N) is 4. The molecule has 3 heterocycles. The lowest BCUT2D eigenvalue weighted by molar-refractivity contribution is 0.126. The second-order valence-corrected chi connectivity index (χ2v) is 6.77. The normalized spacial score (nSPS) is 30.2. The first-order chi connectivity index (χ1) is 9.00. The van der Waals surface area contributed by atoms with Gasteiger partial charge in [-0.3, -0.25) is 4.90 Å². The summed E-state index contributed by atoms with van der Waals surface area (Å²) in [4.78, 5) is 7.04. The van der Waals surface area contributed by atoms with Gasteiger partial charge in [0, 0.05) is 24.7 Å². The third-order valence-corrected chi connectivity index (χ3v) is 4.99. The molecule has 2 saturated heterocycles. The molecule has 0 saturated carbocycles. The van der Waals surface area contributed by atoms with Crippen LogP contribution in [0.2, 0.25) is 0 Å². The van der Waals surface area contributed by atoms with Gasteiger partial charge < -0.3 is 5.32 Å². The van der Waals surface area contributed by atoms with E-state index in [1.807, 2.05) is 4.68 Å². The summed E-state index contributed by atoms with van der Waals surface area (Å²) in [6.07, 6.45) is 1.68. The number of fused-ring (bicyclic) bond motifs is 1. The largest absolute Gasteiger partial charge is 0.316 e. The summed E-state index contributed by atoms with van der Waals surface area (Å²) in [5, 5.41) is 7.87. The van der Waals surface area contributed by atoms with Gasteiger partial charge in [0.25, 0.3) is 0 Å². The van der Waals surface area contributed by atoms with E-state index in [0.717, 1.165) is 30.7 Å². The van der Waals surface area contributed by atoms with Crippen LogP contribution in [-0.4, -0.2) is 44.8 Å². The highest BCUT2D eigenvalue weighted by molar-refractivity contribution is 5.05. The SMILES string of the molecule is CC(C)n1ncnc1CN1CC2CNCC2C1(C)C. The van der Waals surface area contributed by atoms with Crippen LogP contribution in [0.5, 0.6) is 0 Å². The molecule has 0 spiro atoms. The Morgan fingerprint density at radius 3 is 2.89 bits per heavy atom. The smallest absolute Gasteiger partial charge is 0.141 e.